The Morgan fingerprint density at radius 3 is 2.61 bits per heavy atom. The van der Waals surface area contributed by atoms with E-state index in [0.29, 0.717) is 17.7 Å². The third kappa shape index (κ3) is 3.29. The summed E-state index contributed by atoms with van der Waals surface area (Å²) >= 11 is 1.53. The molecule has 2 N–H and O–H groups in total. The molecule has 2 heterocycles. The number of thiophene rings is 1. The van der Waals surface area contributed by atoms with Gasteiger partial charge in [-0.05, 0) is 51.9 Å². The Morgan fingerprint density at radius 1 is 1.11 bits per heavy atom. The maximum absolute atomic E-state index is 14.5. The molecule has 3 nitrogen and oxygen atoms in total. The summed E-state index contributed by atoms with van der Waals surface area (Å²) in [7, 11) is 1.60. The molecule has 0 aliphatic carbocycles. The number of ether oxygens (including phenoxy) is 1. The van der Waals surface area contributed by atoms with Crippen LogP contribution < -0.4 is 10.5 Å². The minimum Gasteiger partial charge on any atom is -0.497 e. The van der Waals surface area contributed by atoms with Crippen LogP contribution in [-0.2, 0) is 18.4 Å². The molecule has 1 aliphatic heterocycles. The molecule has 6 heteroatoms. The van der Waals surface area contributed by atoms with Gasteiger partial charge in [0, 0.05) is 17.7 Å². The molecule has 0 radical (unpaired) electrons. The van der Waals surface area contributed by atoms with E-state index in [9.17, 15) is 8.78 Å². The molecule has 1 aliphatic rings. The first-order valence-corrected chi connectivity index (χ1v) is 9.82. The lowest BCUT2D eigenvalue weighted by Crippen LogP contribution is -2.36. The lowest BCUT2D eigenvalue weighted by molar-refractivity contribution is 0.0536. The van der Waals surface area contributed by atoms with Gasteiger partial charge in [0.25, 0.3) is 6.43 Å². The molecule has 1 unspecified atom stereocenters. The number of amidine groups is 1. The average molecular weight is 398 g/mol. The van der Waals surface area contributed by atoms with Crippen molar-refractivity contribution in [3.8, 4) is 16.9 Å². The number of rotatable bonds is 4. The van der Waals surface area contributed by atoms with Gasteiger partial charge in [0.05, 0.1) is 7.11 Å². The Balaban J connectivity index is 1.84. The van der Waals surface area contributed by atoms with Crippen LogP contribution in [0.25, 0.3) is 11.1 Å². The second-order valence-corrected chi connectivity index (χ2v) is 7.86. The van der Waals surface area contributed by atoms with Crippen LogP contribution in [0.1, 0.15) is 16.0 Å². The summed E-state index contributed by atoms with van der Waals surface area (Å²) in [5.41, 5.74) is 7.45. The first-order chi connectivity index (χ1) is 13.5. The van der Waals surface area contributed by atoms with Crippen molar-refractivity contribution < 1.29 is 13.5 Å². The minimum atomic E-state index is -2.68. The molecule has 4 rings (SSSR count). The lowest BCUT2D eigenvalue weighted by atomic mass is 9.83. The van der Waals surface area contributed by atoms with Gasteiger partial charge in [-0.2, -0.15) is 0 Å². The molecule has 0 saturated carbocycles. The number of hydrogen-bond acceptors (Lipinski definition) is 4. The second kappa shape index (κ2) is 7.36. The lowest BCUT2D eigenvalue weighted by Gasteiger charge is -2.29. The van der Waals surface area contributed by atoms with Crippen LogP contribution in [0.15, 0.2) is 65.0 Å². The molecule has 0 amide bonds. The van der Waals surface area contributed by atoms with Gasteiger partial charge >= 0.3 is 0 Å². The Bertz CT molecular complexity index is 1030. The van der Waals surface area contributed by atoms with Crippen LogP contribution in [-0.4, -0.2) is 19.4 Å². The van der Waals surface area contributed by atoms with Gasteiger partial charge in [-0.1, -0.05) is 30.3 Å². The molecular formula is C22H20F2N2OS. The molecular weight excluding hydrogens is 378 g/mol. The Morgan fingerprint density at radius 2 is 1.86 bits per heavy atom. The number of fused-ring (bicyclic) bond motifs is 1. The van der Waals surface area contributed by atoms with Gasteiger partial charge in [0.15, 0.2) is 5.54 Å². The van der Waals surface area contributed by atoms with Crippen molar-refractivity contribution in [1.82, 2.24) is 0 Å². The van der Waals surface area contributed by atoms with E-state index >= 15 is 0 Å². The number of nitrogens with two attached hydrogens (primary N) is 1. The van der Waals surface area contributed by atoms with Gasteiger partial charge in [0.2, 0.25) is 0 Å². The van der Waals surface area contributed by atoms with Crippen LogP contribution >= 0.6 is 11.3 Å². The first kappa shape index (κ1) is 18.6. The fraction of sp³-hybridized carbons (Fsp3) is 0.227. The highest BCUT2D eigenvalue weighted by atomic mass is 32.1. The van der Waals surface area contributed by atoms with E-state index in [1.807, 2.05) is 41.8 Å². The molecule has 0 bridgehead atoms. The molecule has 0 fully saturated rings. The van der Waals surface area contributed by atoms with E-state index in [0.717, 1.165) is 21.6 Å². The first-order valence-electron chi connectivity index (χ1n) is 8.94. The monoisotopic (exact) mass is 398 g/mol. The predicted octanol–water partition coefficient (Wildman–Crippen LogP) is 5.04. The molecule has 3 aromatic rings. The van der Waals surface area contributed by atoms with Crippen molar-refractivity contribution in [3.63, 3.8) is 0 Å². The zero-order valence-corrected chi connectivity index (χ0v) is 16.2. The van der Waals surface area contributed by atoms with Crippen LogP contribution in [0.2, 0.25) is 0 Å². The van der Waals surface area contributed by atoms with Gasteiger partial charge in [-0.25, -0.2) is 8.78 Å². The summed E-state index contributed by atoms with van der Waals surface area (Å²) in [6.45, 7) is 0. The van der Waals surface area contributed by atoms with Crippen LogP contribution in [0.5, 0.6) is 5.75 Å². The summed E-state index contributed by atoms with van der Waals surface area (Å²) in [5.74, 6) is 0.958. The smallest absolute Gasteiger partial charge is 0.267 e. The van der Waals surface area contributed by atoms with Crippen molar-refractivity contribution in [3.05, 3.63) is 76.0 Å². The molecule has 144 valence electrons. The summed E-state index contributed by atoms with van der Waals surface area (Å²) in [6, 6.07) is 16.6. The number of benzene rings is 2. The molecule has 0 spiro atoms. The fourth-order valence-electron chi connectivity index (χ4n) is 3.66. The molecule has 0 saturated heterocycles. The number of hydrogen-bond donors (Lipinski definition) is 1. The third-order valence-corrected chi connectivity index (χ3v) is 6.07. The quantitative estimate of drug-likeness (QED) is 0.669. The zero-order valence-electron chi connectivity index (χ0n) is 15.4. The van der Waals surface area contributed by atoms with Crippen molar-refractivity contribution in [2.75, 3.05) is 7.11 Å². The highest BCUT2D eigenvalue weighted by molar-refractivity contribution is 7.10. The summed E-state index contributed by atoms with van der Waals surface area (Å²) in [4.78, 5) is 5.37. The Hall–Kier alpha value is -2.73. The standard InChI is InChI=1S/C22H20F2N2OS/c1-27-18-7-3-5-15(11-18)14-4-2-6-17(10-14)22(21(23)24)13-16-8-9-28-19(16)12-20(25)26-22/h2-11,21H,12-13H2,1H3,(H2,25,26). The minimum absolute atomic E-state index is 0.131. The van der Waals surface area contributed by atoms with Gasteiger partial charge < -0.3 is 10.5 Å². The number of alkyl halides is 2. The van der Waals surface area contributed by atoms with Gasteiger partial charge in [-0.15, -0.1) is 11.3 Å². The second-order valence-electron chi connectivity index (χ2n) is 6.86. The van der Waals surface area contributed by atoms with Crippen molar-refractivity contribution >= 4 is 17.2 Å². The normalized spacial score (nSPS) is 19.1. The maximum Gasteiger partial charge on any atom is 0.267 e. The summed E-state index contributed by atoms with van der Waals surface area (Å²) < 4.78 is 34.3. The number of aliphatic imine (C=N–C) groups is 1. The largest absolute Gasteiger partial charge is 0.497 e. The third-order valence-electron chi connectivity index (χ3n) is 5.11. The highest BCUT2D eigenvalue weighted by Crippen LogP contribution is 2.41. The van der Waals surface area contributed by atoms with Crippen molar-refractivity contribution in [1.29, 1.82) is 0 Å². The predicted molar refractivity (Wildman–Crippen MR) is 109 cm³/mol. The zero-order chi connectivity index (χ0) is 19.7. The highest BCUT2D eigenvalue weighted by Gasteiger charge is 2.44. The number of methoxy groups -OCH3 is 1. The fourth-order valence-corrected chi connectivity index (χ4v) is 4.58. The number of halogens is 2. The van der Waals surface area contributed by atoms with E-state index in [1.54, 1.807) is 25.3 Å². The molecule has 28 heavy (non-hydrogen) atoms. The number of nitrogens with zero attached hydrogens (tertiary/aromatic N) is 1. The molecule has 1 atom stereocenters. The average Bonchev–Trinajstić information content (AvgIpc) is 3.07. The Kier molecular flexibility index (Phi) is 4.89. The van der Waals surface area contributed by atoms with E-state index in [1.165, 1.54) is 11.3 Å². The SMILES string of the molecule is COc1cccc(-c2cccc(C3(C(F)F)Cc4ccsc4CC(N)=N3)c2)c1. The van der Waals surface area contributed by atoms with Crippen molar-refractivity contribution in [2.24, 2.45) is 10.7 Å². The van der Waals surface area contributed by atoms with Crippen LogP contribution in [0.4, 0.5) is 8.78 Å². The molecule has 2 aromatic carbocycles. The van der Waals surface area contributed by atoms with Crippen LogP contribution in [0, 0.1) is 0 Å². The Labute approximate surface area is 166 Å². The van der Waals surface area contributed by atoms with E-state index in [2.05, 4.69) is 4.99 Å². The van der Waals surface area contributed by atoms with Crippen molar-refractivity contribution in [2.45, 2.75) is 24.8 Å². The van der Waals surface area contributed by atoms with E-state index in [-0.39, 0.29) is 12.3 Å². The summed E-state index contributed by atoms with van der Waals surface area (Å²) in [5, 5.41) is 1.92. The van der Waals surface area contributed by atoms with E-state index in [4.69, 9.17) is 10.5 Å². The topological polar surface area (TPSA) is 47.6 Å². The van der Waals surface area contributed by atoms with Crippen LogP contribution in [0.3, 0.4) is 0 Å². The van der Waals surface area contributed by atoms with E-state index < -0.39 is 12.0 Å². The molecule has 1 aromatic heterocycles. The summed E-state index contributed by atoms with van der Waals surface area (Å²) in [6.07, 6.45) is -2.14. The van der Waals surface area contributed by atoms with Gasteiger partial charge in [-0.3, -0.25) is 4.99 Å². The maximum atomic E-state index is 14.5. The van der Waals surface area contributed by atoms with Gasteiger partial charge in [0.1, 0.15) is 11.6 Å².